The van der Waals surface area contributed by atoms with E-state index in [9.17, 15) is 18.0 Å². The van der Waals surface area contributed by atoms with Gasteiger partial charge in [-0.1, -0.05) is 13.8 Å². The molecular weight excluding hydrogens is 349 g/mol. The first kappa shape index (κ1) is 18.5. The van der Waals surface area contributed by atoms with Crippen LogP contribution in [0, 0.1) is 5.92 Å². The molecule has 0 amide bonds. The molecule has 10 heteroatoms. The van der Waals surface area contributed by atoms with Crippen LogP contribution in [-0.4, -0.2) is 14.3 Å². The SMILES string of the molecule is CC(C)[C@H](C)n1cc(-c2cc(C(F)(F)F)n(C)n2)c2c(c1=O)C(N)NN2. The van der Waals surface area contributed by atoms with Gasteiger partial charge in [0.15, 0.2) is 0 Å². The highest BCUT2D eigenvalue weighted by atomic mass is 19.4. The van der Waals surface area contributed by atoms with Crippen LogP contribution >= 0.6 is 0 Å². The number of anilines is 1. The fraction of sp³-hybridized carbons (Fsp3) is 0.500. The Labute approximate surface area is 148 Å². The lowest BCUT2D eigenvalue weighted by Gasteiger charge is -2.21. The number of hydrogen-bond donors (Lipinski definition) is 3. The van der Waals surface area contributed by atoms with Crippen molar-refractivity contribution in [2.45, 2.75) is 39.2 Å². The Morgan fingerprint density at radius 2 is 1.96 bits per heavy atom. The van der Waals surface area contributed by atoms with Crippen molar-refractivity contribution in [3.63, 3.8) is 0 Å². The van der Waals surface area contributed by atoms with Gasteiger partial charge in [0.2, 0.25) is 0 Å². The molecule has 0 saturated carbocycles. The minimum atomic E-state index is -4.52. The van der Waals surface area contributed by atoms with E-state index in [1.54, 1.807) is 6.20 Å². The van der Waals surface area contributed by atoms with Crippen LogP contribution in [0.3, 0.4) is 0 Å². The highest BCUT2D eigenvalue weighted by Gasteiger charge is 2.36. The van der Waals surface area contributed by atoms with Gasteiger partial charge in [-0.05, 0) is 18.9 Å². The fourth-order valence-corrected chi connectivity index (χ4v) is 2.98. The Kier molecular flexibility index (Phi) is 4.35. The Bertz CT molecular complexity index is 899. The molecule has 0 radical (unpaired) electrons. The first-order chi connectivity index (χ1) is 12.0. The van der Waals surface area contributed by atoms with E-state index in [0.29, 0.717) is 11.3 Å². The summed E-state index contributed by atoms with van der Waals surface area (Å²) in [5, 5.41) is 4.00. The van der Waals surface area contributed by atoms with Crippen molar-refractivity contribution in [3.05, 3.63) is 33.9 Å². The maximum atomic E-state index is 13.1. The maximum Gasteiger partial charge on any atom is 0.433 e. The standard InChI is InChI=1S/C16H21F3N6O/c1-7(2)8(3)25-6-9(13-12(15(25)26)14(20)22-21-13)10-5-11(16(17,18)19)24(4)23-10/h5-8,14,21-22H,20H2,1-4H3/t8-,14?/m0/s1. The molecule has 0 aliphatic carbocycles. The van der Waals surface area contributed by atoms with Gasteiger partial charge in [0.05, 0.1) is 16.9 Å². The lowest BCUT2D eigenvalue weighted by Crippen LogP contribution is -2.33. The molecule has 0 saturated heterocycles. The quantitative estimate of drug-likeness (QED) is 0.772. The average Bonchev–Trinajstić information content (AvgIpc) is 3.10. The van der Waals surface area contributed by atoms with Crippen molar-refractivity contribution in [1.29, 1.82) is 0 Å². The molecule has 0 aromatic carbocycles. The number of rotatable bonds is 3. The van der Waals surface area contributed by atoms with Crippen LogP contribution in [0.25, 0.3) is 11.3 Å². The van der Waals surface area contributed by atoms with Gasteiger partial charge in [-0.25, -0.2) is 5.43 Å². The Hall–Kier alpha value is -2.33. The van der Waals surface area contributed by atoms with Crippen LogP contribution in [0.4, 0.5) is 18.9 Å². The molecule has 4 N–H and O–H groups in total. The fourth-order valence-electron chi connectivity index (χ4n) is 2.98. The monoisotopic (exact) mass is 370 g/mol. The number of nitrogens with one attached hydrogen (secondary N) is 2. The third-order valence-electron chi connectivity index (χ3n) is 4.79. The van der Waals surface area contributed by atoms with Gasteiger partial charge in [-0.3, -0.25) is 9.48 Å². The predicted octanol–water partition coefficient (Wildman–Crippen LogP) is 2.37. The zero-order valence-electron chi connectivity index (χ0n) is 14.8. The minimum Gasteiger partial charge on any atom is -0.318 e. The molecule has 0 fully saturated rings. The second-order valence-corrected chi connectivity index (χ2v) is 6.81. The number of nitrogens with two attached hydrogens (primary N) is 1. The number of fused-ring (bicyclic) bond motifs is 1. The third-order valence-corrected chi connectivity index (χ3v) is 4.79. The summed E-state index contributed by atoms with van der Waals surface area (Å²) < 4.78 is 41.7. The van der Waals surface area contributed by atoms with E-state index in [0.717, 1.165) is 10.7 Å². The summed E-state index contributed by atoms with van der Waals surface area (Å²) >= 11 is 0. The summed E-state index contributed by atoms with van der Waals surface area (Å²) in [6, 6.07) is 0.806. The summed E-state index contributed by atoms with van der Waals surface area (Å²) in [6.45, 7) is 5.80. The second-order valence-electron chi connectivity index (χ2n) is 6.81. The van der Waals surface area contributed by atoms with Crippen molar-refractivity contribution in [2.75, 3.05) is 5.43 Å². The highest BCUT2D eigenvalue weighted by molar-refractivity contribution is 5.79. The average molecular weight is 370 g/mol. The van der Waals surface area contributed by atoms with Gasteiger partial charge >= 0.3 is 6.18 Å². The lowest BCUT2D eigenvalue weighted by molar-refractivity contribution is -0.143. The topological polar surface area (TPSA) is 89.9 Å². The number of nitrogens with zero attached hydrogens (tertiary/aromatic N) is 3. The number of alkyl halides is 3. The zero-order valence-corrected chi connectivity index (χ0v) is 14.8. The van der Waals surface area contributed by atoms with E-state index in [-0.39, 0.29) is 28.8 Å². The summed E-state index contributed by atoms with van der Waals surface area (Å²) in [6.07, 6.45) is -3.74. The Morgan fingerprint density at radius 1 is 1.31 bits per heavy atom. The minimum absolute atomic E-state index is 0.115. The molecule has 1 unspecified atom stereocenters. The first-order valence-electron chi connectivity index (χ1n) is 8.20. The number of hydrazine groups is 1. The van der Waals surface area contributed by atoms with Crippen LogP contribution in [-0.2, 0) is 13.2 Å². The number of halogens is 3. The van der Waals surface area contributed by atoms with E-state index in [1.165, 1.54) is 11.6 Å². The number of aromatic nitrogens is 3. The molecule has 2 atom stereocenters. The van der Waals surface area contributed by atoms with Crippen LogP contribution < -0.4 is 22.1 Å². The molecule has 0 bridgehead atoms. The predicted molar refractivity (Wildman–Crippen MR) is 91.1 cm³/mol. The molecule has 1 aliphatic rings. The van der Waals surface area contributed by atoms with E-state index < -0.39 is 18.0 Å². The van der Waals surface area contributed by atoms with Crippen LogP contribution in [0.2, 0.25) is 0 Å². The first-order valence-corrected chi connectivity index (χ1v) is 8.20. The van der Waals surface area contributed by atoms with Crippen molar-refractivity contribution in [3.8, 4) is 11.3 Å². The lowest BCUT2D eigenvalue weighted by atomic mass is 10.0. The van der Waals surface area contributed by atoms with Crippen molar-refractivity contribution in [1.82, 2.24) is 19.8 Å². The normalized spacial score (nSPS) is 18.1. The third kappa shape index (κ3) is 2.88. The largest absolute Gasteiger partial charge is 0.433 e. The van der Waals surface area contributed by atoms with Crippen LogP contribution in [0.1, 0.15) is 44.2 Å². The molecule has 142 valence electrons. The number of hydrogen-bond acceptors (Lipinski definition) is 5. The smallest absolute Gasteiger partial charge is 0.318 e. The molecule has 2 aromatic rings. The molecule has 3 heterocycles. The summed E-state index contributed by atoms with van der Waals surface area (Å²) in [5.41, 5.74) is 11.5. The van der Waals surface area contributed by atoms with Gasteiger partial charge in [-0.2, -0.15) is 18.3 Å². The van der Waals surface area contributed by atoms with Gasteiger partial charge < -0.3 is 15.7 Å². The highest BCUT2D eigenvalue weighted by Crippen LogP contribution is 2.37. The van der Waals surface area contributed by atoms with Gasteiger partial charge in [0, 0.05) is 24.8 Å². The van der Waals surface area contributed by atoms with Crippen molar-refractivity contribution in [2.24, 2.45) is 18.7 Å². The van der Waals surface area contributed by atoms with E-state index in [4.69, 9.17) is 5.73 Å². The molecule has 26 heavy (non-hydrogen) atoms. The summed E-state index contributed by atoms with van der Waals surface area (Å²) in [5.74, 6) is 0.145. The molecular formula is C16H21F3N6O. The molecule has 1 aliphatic heterocycles. The second kappa shape index (κ2) is 6.13. The molecule has 3 rings (SSSR count). The Balaban J connectivity index is 2.26. The van der Waals surface area contributed by atoms with Crippen molar-refractivity contribution >= 4 is 5.69 Å². The van der Waals surface area contributed by atoms with Gasteiger partial charge in [0.25, 0.3) is 5.56 Å². The Morgan fingerprint density at radius 3 is 2.50 bits per heavy atom. The van der Waals surface area contributed by atoms with E-state index in [2.05, 4.69) is 16.0 Å². The maximum absolute atomic E-state index is 13.1. The van der Waals surface area contributed by atoms with E-state index >= 15 is 0 Å². The summed E-state index contributed by atoms with van der Waals surface area (Å²) in [7, 11) is 1.23. The van der Waals surface area contributed by atoms with E-state index in [1.807, 2.05) is 20.8 Å². The summed E-state index contributed by atoms with van der Waals surface area (Å²) in [4.78, 5) is 12.8. The van der Waals surface area contributed by atoms with Crippen LogP contribution in [0.15, 0.2) is 17.1 Å². The number of pyridine rings is 1. The number of aryl methyl sites for hydroxylation is 1. The van der Waals surface area contributed by atoms with Gasteiger partial charge in [0.1, 0.15) is 11.9 Å². The molecule has 0 spiro atoms. The van der Waals surface area contributed by atoms with Crippen molar-refractivity contribution < 1.29 is 13.2 Å². The molecule has 2 aromatic heterocycles. The molecule has 7 nitrogen and oxygen atoms in total. The zero-order chi connectivity index (χ0) is 19.4. The van der Waals surface area contributed by atoms with Crippen LogP contribution in [0.5, 0.6) is 0 Å². The van der Waals surface area contributed by atoms with Gasteiger partial charge in [-0.15, -0.1) is 0 Å².